The van der Waals surface area contributed by atoms with Gasteiger partial charge in [0.25, 0.3) is 0 Å². The summed E-state index contributed by atoms with van der Waals surface area (Å²) in [5.74, 6) is 1.44. The summed E-state index contributed by atoms with van der Waals surface area (Å²) in [7, 11) is 0. The zero-order chi connectivity index (χ0) is 26.0. The van der Waals surface area contributed by atoms with Gasteiger partial charge >= 0.3 is 0 Å². The second kappa shape index (κ2) is 10.9. The van der Waals surface area contributed by atoms with Crippen molar-refractivity contribution in [1.82, 2.24) is 15.4 Å². The Labute approximate surface area is 220 Å². The number of ether oxygens (including phenoxy) is 1. The number of carbonyl (C=O) groups is 1. The van der Waals surface area contributed by atoms with E-state index in [0.717, 1.165) is 82.1 Å². The number of fused-ring (bicyclic) bond motifs is 1. The van der Waals surface area contributed by atoms with Crippen molar-refractivity contribution in [3.05, 3.63) is 24.0 Å². The number of carbonyl (C=O) groups excluding carboxylic acids is 1. The Kier molecular flexibility index (Phi) is 7.78. The van der Waals surface area contributed by atoms with Gasteiger partial charge in [0, 0.05) is 45.2 Å². The number of amides is 1. The topological polar surface area (TPSA) is 70.8 Å². The van der Waals surface area contributed by atoms with Crippen molar-refractivity contribution >= 4 is 22.7 Å². The van der Waals surface area contributed by atoms with Crippen molar-refractivity contribution in [2.45, 2.75) is 83.8 Å². The van der Waals surface area contributed by atoms with Crippen LogP contribution in [-0.2, 0) is 9.53 Å². The normalized spacial score (nSPS) is 28.9. The Morgan fingerprint density at radius 3 is 2.62 bits per heavy atom. The molecule has 1 aliphatic carbocycles. The second-order valence-corrected chi connectivity index (χ2v) is 12.6. The maximum Gasteiger partial charge on any atom is 0.220 e. The van der Waals surface area contributed by atoms with E-state index in [1.807, 2.05) is 0 Å². The summed E-state index contributed by atoms with van der Waals surface area (Å²) in [6.45, 7) is 12.1. The minimum Gasteiger partial charge on any atom is -0.376 e. The number of halogens is 1. The Morgan fingerprint density at radius 2 is 1.89 bits per heavy atom. The van der Waals surface area contributed by atoms with Gasteiger partial charge in [0.05, 0.1) is 11.0 Å². The van der Waals surface area contributed by atoms with E-state index in [0.29, 0.717) is 18.0 Å². The fourth-order valence-corrected chi connectivity index (χ4v) is 6.83. The molecule has 204 valence electrons. The number of rotatable bonds is 7. The van der Waals surface area contributed by atoms with E-state index < -0.39 is 0 Å². The minimum absolute atomic E-state index is 0.0318. The molecule has 2 aromatic rings. The molecule has 1 atom stereocenters. The van der Waals surface area contributed by atoms with E-state index in [9.17, 15) is 9.18 Å². The molecule has 1 aromatic heterocycles. The van der Waals surface area contributed by atoms with E-state index in [1.165, 1.54) is 31.4 Å². The van der Waals surface area contributed by atoms with Crippen LogP contribution < -0.4 is 10.2 Å². The molecule has 8 heteroatoms. The first-order valence-corrected chi connectivity index (χ1v) is 14.1. The fourth-order valence-electron chi connectivity index (χ4n) is 6.83. The number of aromatic nitrogens is 1. The van der Waals surface area contributed by atoms with Crippen molar-refractivity contribution in [3.8, 4) is 0 Å². The molecule has 1 amide bonds. The molecule has 0 unspecified atom stereocenters. The predicted molar refractivity (Wildman–Crippen MR) is 143 cm³/mol. The van der Waals surface area contributed by atoms with Gasteiger partial charge in [0.2, 0.25) is 5.91 Å². The summed E-state index contributed by atoms with van der Waals surface area (Å²) in [6, 6.07) is 4.89. The standard InChI is InChI=1S/C29H43FN4O3/c1-28(2)20-29(3,11-17-36-28)19-26(35)31-23-7-4-21(5-8-23)10-12-33-13-15-34(16-14-33)27-24-18-22(30)6-9-25(24)37-32-27/h6,9,18,21,23H,4-5,7-8,10-17,19-20H2,1-3H3,(H,31,35)/t21-,23-,29-/m1/s1. The van der Waals surface area contributed by atoms with Gasteiger partial charge in [-0.3, -0.25) is 9.69 Å². The molecule has 0 spiro atoms. The Hall–Kier alpha value is -2.19. The van der Waals surface area contributed by atoms with Crippen LogP contribution in [0.25, 0.3) is 11.0 Å². The van der Waals surface area contributed by atoms with E-state index in [2.05, 4.69) is 41.0 Å². The van der Waals surface area contributed by atoms with Crippen LogP contribution in [0.1, 0.15) is 72.1 Å². The van der Waals surface area contributed by atoms with Crippen LogP contribution in [-0.4, -0.2) is 66.9 Å². The highest BCUT2D eigenvalue weighted by molar-refractivity contribution is 5.88. The van der Waals surface area contributed by atoms with Gasteiger partial charge < -0.3 is 19.5 Å². The lowest BCUT2D eigenvalue weighted by molar-refractivity contribution is -0.132. The molecule has 2 aliphatic heterocycles. The zero-order valence-corrected chi connectivity index (χ0v) is 22.7. The van der Waals surface area contributed by atoms with Crippen LogP contribution >= 0.6 is 0 Å². The predicted octanol–water partition coefficient (Wildman–Crippen LogP) is 5.14. The molecule has 37 heavy (non-hydrogen) atoms. The maximum absolute atomic E-state index is 13.7. The summed E-state index contributed by atoms with van der Waals surface area (Å²) in [6.07, 6.45) is 8.27. The van der Waals surface area contributed by atoms with Gasteiger partial charge in [0.1, 0.15) is 5.82 Å². The molecule has 0 radical (unpaired) electrons. The molecule has 3 heterocycles. The molecular formula is C29H43FN4O3. The first kappa shape index (κ1) is 26.4. The van der Waals surface area contributed by atoms with Crippen LogP contribution in [0.5, 0.6) is 0 Å². The van der Waals surface area contributed by atoms with Crippen molar-refractivity contribution in [2.75, 3.05) is 44.2 Å². The van der Waals surface area contributed by atoms with Crippen LogP contribution in [0.4, 0.5) is 10.2 Å². The lowest BCUT2D eigenvalue weighted by atomic mass is 9.73. The van der Waals surface area contributed by atoms with E-state index in [-0.39, 0.29) is 22.7 Å². The highest BCUT2D eigenvalue weighted by Gasteiger charge is 2.39. The lowest BCUT2D eigenvalue weighted by Crippen LogP contribution is -2.47. The fraction of sp³-hybridized carbons (Fsp3) is 0.724. The number of hydrogen-bond donors (Lipinski definition) is 1. The number of hydrogen-bond acceptors (Lipinski definition) is 6. The summed E-state index contributed by atoms with van der Waals surface area (Å²) in [5, 5.41) is 8.30. The first-order valence-electron chi connectivity index (χ1n) is 14.1. The third kappa shape index (κ3) is 6.63. The van der Waals surface area contributed by atoms with Gasteiger partial charge in [0.15, 0.2) is 11.4 Å². The molecule has 1 saturated carbocycles. The number of piperazine rings is 1. The van der Waals surface area contributed by atoms with Crippen LogP contribution in [0.15, 0.2) is 22.7 Å². The smallest absolute Gasteiger partial charge is 0.220 e. The van der Waals surface area contributed by atoms with E-state index >= 15 is 0 Å². The first-order chi connectivity index (χ1) is 17.7. The molecule has 5 rings (SSSR count). The van der Waals surface area contributed by atoms with Gasteiger partial charge in [-0.1, -0.05) is 12.1 Å². The minimum atomic E-state index is -0.262. The van der Waals surface area contributed by atoms with Gasteiger partial charge in [-0.05, 0) is 94.9 Å². The molecule has 1 aromatic carbocycles. The van der Waals surface area contributed by atoms with Crippen LogP contribution in [0, 0.1) is 17.2 Å². The molecule has 3 aliphatic rings. The average Bonchev–Trinajstić information content (AvgIpc) is 3.26. The SMILES string of the molecule is CC1(C)C[C@@](C)(CC(=O)N[C@H]2CC[C@H](CCN3CCN(c4noc5ccc(F)cc45)CC3)CC2)CCO1. The van der Waals surface area contributed by atoms with Gasteiger partial charge in [-0.25, -0.2) is 4.39 Å². The lowest BCUT2D eigenvalue weighted by Gasteiger charge is -2.42. The average molecular weight is 515 g/mol. The molecule has 1 N–H and O–H groups in total. The van der Waals surface area contributed by atoms with Crippen molar-refractivity contribution in [3.63, 3.8) is 0 Å². The highest BCUT2D eigenvalue weighted by atomic mass is 19.1. The molecular weight excluding hydrogens is 471 g/mol. The van der Waals surface area contributed by atoms with E-state index in [1.54, 1.807) is 6.07 Å². The number of nitrogens with zero attached hydrogens (tertiary/aromatic N) is 3. The Morgan fingerprint density at radius 1 is 1.14 bits per heavy atom. The monoisotopic (exact) mass is 514 g/mol. The van der Waals surface area contributed by atoms with Crippen molar-refractivity contribution in [2.24, 2.45) is 11.3 Å². The highest BCUT2D eigenvalue weighted by Crippen LogP contribution is 2.41. The molecule has 2 saturated heterocycles. The van der Waals surface area contributed by atoms with Gasteiger partial charge in [-0.15, -0.1) is 0 Å². The zero-order valence-electron chi connectivity index (χ0n) is 22.7. The number of anilines is 1. The second-order valence-electron chi connectivity index (χ2n) is 12.6. The Bertz CT molecular complexity index is 1070. The third-order valence-corrected chi connectivity index (χ3v) is 8.79. The summed E-state index contributed by atoms with van der Waals surface area (Å²) in [5.41, 5.74) is 0.527. The molecule has 3 fully saturated rings. The largest absolute Gasteiger partial charge is 0.376 e. The maximum atomic E-state index is 13.7. The quantitative estimate of drug-likeness (QED) is 0.552. The van der Waals surface area contributed by atoms with Crippen LogP contribution in [0.2, 0.25) is 0 Å². The van der Waals surface area contributed by atoms with Crippen LogP contribution in [0.3, 0.4) is 0 Å². The Balaban J connectivity index is 1.00. The summed E-state index contributed by atoms with van der Waals surface area (Å²) < 4.78 is 24.9. The van der Waals surface area contributed by atoms with E-state index in [4.69, 9.17) is 9.26 Å². The summed E-state index contributed by atoms with van der Waals surface area (Å²) >= 11 is 0. The number of nitrogens with one attached hydrogen (secondary N) is 1. The molecule has 0 bridgehead atoms. The third-order valence-electron chi connectivity index (χ3n) is 8.79. The van der Waals surface area contributed by atoms with Gasteiger partial charge in [-0.2, -0.15) is 0 Å². The summed E-state index contributed by atoms with van der Waals surface area (Å²) in [4.78, 5) is 17.6. The van der Waals surface area contributed by atoms with Crippen molar-refractivity contribution in [1.29, 1.82) is 0 Å². The number of benzene rings is 1. The molecule has 7 nitrogen and oxygen atoms in total. The van der Waals surface area contributed by atoms with Crippen molar-refractivity contribution < 1.29 is 18.4 Å².